The van der Waals surface area contributed by atoms with E-state index in [9.17, 15) is 8.42 Å². The number of rotatable bonds is 4. The average molecular weight is 365 g/mol. The number of hydrogen-bond acceptors (Lipinski definition) is 2. The molecule has 4 nitrogen and oxygen atoms in total. The summed E-state index contributed by atoms with van der Waals surface area (Å²) >= 11 is 3.34. The molecule has 0 spiro atoms. The SMILES string of the molecule is O=S(=O)(Nc1ccc2[nH]ccc2c1)c1ccc(CBr)cc1. The van der Waals surface area contributed by atoms with E-state index in [0.29, 0.717) is 11.0 Å². The first-order valence-electron chi connectivity index (χ1n) is 6.33. The number of benzene rings is 2. The fraction of sp³-hybridized carbons (Fsp3) is 0.0667. The first-order chi connectivity index (χ1) is 10.1. The zero-order valence-corrected chi connectivity index (χ0v) is 13.4. The summed E-state index contributed by atoms with van der Waals surface area (Å²) in [6.45, 7) is 0. The molecule has 1 heterocycles. The Morgan fingerprint density at radius 3 is 2.52 bits per heavy atom. The smallest absolute Gasteiger partial charge is 0.261 e. The number of halogens is 1. The summed E-state index contributed by atoms with van der Waals surface area (Å²) in [6.07, 6.45) is 1.82. The maximum absolute atomic E-state index is 12.3. The van der Waals surface area contributed by atoms with Crippen molar-refractivity contribution in [3.63, 3.8) is 0 Å². The molecular formula is C15H13BrN2O2S. The Balaban J connectivity index is 1.90. The zero-order valence-electron chi connectivity index (χ0n) is 11.0. The van der Waals surface area contributed by atoms with E-state index in [2.05, 4.69) is 25.6 Å². The molecule has 2 aromatic carbocycles. The molecule has 1 aromatic heterocycles. The number of H-pyrrole nitrogens is 1. The van der Waals surface area contributed by atoms with E-state index in [4.69, 9.17) is 0 Å². The van der Waals surface area contributed by atoms with Crippen LogP contribution in [0.2, 0.25) is 0 Å². The van der Waals surface area contributed by atoms with Gasteiger partial charge in [-0.15, -0.1) is 0 Å². The standard InChI is InChI=1S/C15H13BrN2O2S/c16-10-11-1-4-14(5-2-11)21(19,20)18-13-3-6-15-12(9-13)7-8-17-15/h1-9,17-18H,10H2. The lowest BCUT2D eigenvalue weighted by Gasteiger charge is -2.08. The molecule has 0 amide bonds. The van der Waals surface area contributed by atoms with Crippen molar-refractivity contribution in [2.45, 2.75) is 10.2 Å². The lowest BCUT2D eigenvalue weighted by molar-refractivity contribution is 0.601. The number of nitrogens with one attached hydrogen (secondary N) is 2. The summed E-state index contributed by atoms with van der Waals surface area (Å²) in [5, 5.41) is 1.66. The third-order valence-corrected chi connectivity index (χ3v) is 5.24. The predicted octanol–water partition coefficient (Wildman–Crippen LogP) is 3.86. The van der Waals surface area contributed by atoms with Crippen LogP contribution in [0, 0.1) is 0 Å². The van der Waals surface area contributed by atoms with Crippen LogP contribution in [-0.2, 0) is 15.4 Å². The summed E-state index contributed by atoms with van der Waals surface area (Å²) in [5.74, 6) is 0. The molecule has 0 saturated heterocycles. The molecule has 6 heteroatoms. The molecule has 0 aliphatic heterocycles. The van der Waals surface area contributed by atoms with E-state index in [1.54, 1.807) is 36.4 Å². The van der Waals surface area contributed by atoms with Gasteiger partial charge in [-0.1, -0.05) is 28.1 Å². The van der Waals surface area contributed by atoms with Crippen molar-refractivity contribution in [2.24, 2.45) is 0 Å². The third-order valence-electron chi connectivity index (χ3n) is 3.19. The summed E-state index contributed by atoms with van der Waals surface area (Å²) < 4.78 is 27.3. The summed E-state index contributed by atoms with van der Waals surface area (Å²) in [4.78, 5) is 3.32. The molecule has 0 saturated carbocycles. The van der Waals surface area contributed by atoms with E-state index in [1.807, 2.05) is 18.3 Å². The molecule has 0 aliphatic carbocycles. The van der Waals surface area contributed by atoms with Crippen LogP contribution < -0.4 is 4.72 Å². The van der Waals surface area contributed by atoms with Gasteiger partial charge in [0.2, 0.25) is 0 Å². The first kappa shape index (κ1) is 14.2. The van der Waals surface area contributed by atoms with Crippen LogP contribution in [0.1, 0.15) is 5.56 Å². The van der Waals surface area contributed by atoms with Gasteiger partial charge < -0.3 is 4.98 Å². The molecule has 108 valence electrons. The molecule has 0 fully saturated rings. The molecule has 0 aliphatic rings. The molecule has 0 bridgehead atoms. The highest BCUT2D eigenvalue weighted by atomic mass is 79.9. The van der Waals surface area contributed by atoms with Crippen molar-refractivity contribution in [3.8, 4) is 0 Å². The summed E-state index contributed by atoms with van der Waals surface area (Å²) in [6, 6.07) is 14.1. The van der Waals surface area contributed by atoms with Gasteiger partial charge in [0.1, 0.15) is 0 Å². The fourth-order valence-corrected chi connectivity index (χ4v) is 3.51. The summed E-state index contributed by atoms with van der Waals surface area (Å²) in [7, 11) is -3.57. The van der Waals surface area contributed by atoms with Crippen LogP contribution in [0.5, 0.6) is 0 Å². The van der Waals surface area contributed by atoms with E-state index in [-0.39, 0.29) is 4.90 Å². The van der Waals surface area contributed by atoms with Gasteiger partial charge in [0.15, 0.2) is 0 Å². The number of hydrogen-bond donors (Lipinski definition) is 2. The van der Waals surface area contributed by atoms with Crippen molar-refractivity contribution in [1.82, 2.24) is 4.98 Å². The van der Waals surface area contributed by atoms with Gasteiger partial charge in [0, 0.05) is 28.1 Å². The Kier molecular flexibility index (Phi) is 3.73. The number of sulfonamides is 1. The highest BCUT2D eigenvalue weighted by molar-refractivity contribution is 9.08. The zero-order chi connectivity index (χ0) is 14.9. The Bertz CT molecular complexity index is 870. The van der Waals surface area contributed by atoms with Crippen LogP contribution in [0.3, 0.4) is 0 Å². The van der Waals surface area contributed by atoms with E-state index in [0.717, 1.165) is 16.5 Å². The minimum atomic E-state index is -3.57. The van der Waals surface area contributed by atoms with Crippen LogP contribution in [-0.4, -0.2) is 13.4 Å². The minimum absolute atomic E-state index is 0.251. The summed E-state index contributed by atoms with van der Waals surface area (Å²) in [5.41, 5.74) is 2.55. The van der Waals surface area contributed by atoms with Crippen LogP contribution in [0.25, 0.3) is 10.9 Å². The first-order valence-corrected chi connectivity index (χ1v) is 8.94. The number of aromatic nitrogens is 1. The largest absolute Gasteiger partial charge is 0.361 e. The number of alkyl halides is 1. The van der Waals surface area contributed by atoms with Crippen molar-refractivity contribution < 1.29 is 8.42 Å². The monoisotopic (exact) mass is 364 g/mol. The van der Waals surface area contributed by atoms with Gasteiger partial charge in [-0.05, 0) is 42.0 Å². The lowest BCUT2D eigenvalue weighted by atomic mass is 10.2. The van der Waals surface area contributed by atoms with Gasteiger partial charge in [-0.2, -0.15) is 0 Å². The van der Waals surface area contributed by atoms with Crippen LogP contribution in [0.4, 0.5) is 5.69 Å². The van der Waals surface area contributed by atoms with Crippen molar-refractivity contribution in [1.29, 1.82) is 0 Å². The van der Waals surface area contributed by atoms with Gasteiger partial charge in [-0.25, -0.2) is 8.42 Å². The van der Waals surface area contributed by atoms with Gasteiger partial charge in [0.05, 0.1) is 4.90 Å². The van der Waals surface area contributed by atoms with E-state index < -0.39 is 10.0 Å². The molecular weight excluding hydrogens is 352 g/mol. The van der Waals surface area contributed by atoms with E-state index >= 15 is 0 Å². The van der Waals surface area contributed by atoms with Crippen molar-refractivity contribution in [2.75, 3.05) is 4.72 Å². The molecule has 2 N–H and O–H groups in total. The predicted molar refractivity (Wildman–Crippen MR) is 88.2 cm³/mol. The van der Waals surface area contributed by atoms with Gasteiger partial charge in [0.25, 0.3) is 10.0 Å². The fourth-order valence-electron chi connectivity index (χ4n) is 2.09. The maximum atomic E-state index is 12.3. The second kappa shape index (κ2) is 5.54. The van der Waals surface area contributed by atoms with Gasteiger partial charge in [-0.3, -0.25) is 4.72 Å². The lowest BCUT2D eigenvalue weighted by Crippen LogP contribution is -2.12. The third kappa shape index (κ3) is 2.96. The molecule has 0 radical (unpaired) electrons. The van der Waals surface area contributed by atoms with Crippen molar-refractivity contribution >= 4 is 42.5 Å². The Labute approximate surface area is 131 Å². The average Bonchev–Trinajstić information content (AvgIpc) is 2.94. The van der Waals surface area contributed by atoms with Crippen molar-refractivity contribution in [3.05, 3.63) is 60.3 Å². The minimum Gasteiger partial charge on any atom is -0.361 e. The Morgan fingerprint density at radius 1 is 1.05 bits per heavy atom. The molecule has 3 rings (SSSR count). The van der Waals surface area contributed by atoms with Crippen LogP contribution in [0.15, 0.2) is 59.6 Å². The van der Waals surface area contributed by atoms with E-state index in [1.165, 1.54) is 0 Å². The maximum Gasteiger partial charge on any atom is 0.261 e. The Hall–Kier alpha value is -1.79. The topological polar surface area (TPSA) is 62.0 Å². The highest BCUT2D eigenvalue weighted by Gasteiger charge is 2.14. The second-order valence-electron chi connectivity index (χ2n) is 4.66. The molecule has 0 atom stereocenters. The number of anilines is 1. The van der Waals surface area contributed by atoms with Gasteiger partial charge >= 0.3 is 0 Å². The second-order valence-corrected chi connectivity index (χ2v) is 6.91. The molecule has 0 unspecified atom stereocenters. The molecule has 3 aromatic rings. The highest BCUT2D eigenvalue weighted by Crippen LogP contribution is 2.21. The Morgan fingerprint density at radius 2 is 1.81 bits per heavy atom. The normalized spacial score (nSPS) is 11.7. The number of aromatic amines is 1. The quantitative estimate of drug-likeness (QED) is 0.690. The molecule has 21 heavy (non-hydrogen) atoms. The number of fused-ring (bicyclic) bond motifs is 1. The van der Waals surface area contributed by atoms with Crippen LogP contribution >= 0.6 is 15.9 Å².